The lowest BCUT2D eigenvalue weighted by Crippen LogP contribution is -2.14. The summed E-state index contributed by atoms with van der Waals surface area (Å²) in [6.45, 7) is 6.20. The Hall–Kier alpha value is -1.28. The minimum absolute atomic E-state index is 0.0394. The van der Waals surface area contributed by atoms with Crippen LogP contribution in [0.2, 0.25) is 0 Å². The molecule has 0 aliphatic carbocycles. The Bertz CT molecular complexity index is 673. The maximum atomic E-state index is 12.4. The fourth-order valence-electron chi connectivity index (χ4n) is 1.81. The second-order valence-corrected chi connectivity index (χ2v) is 7.24. The third-order valence-electron chi connectivity index (χ3n) is 2.63. The first-order valence-corrected chi connectivity index (χ1v) is 8.51. The van der Waals surface area contributed by atoms with Gasteiger partial charge in [0.15, 0.2) is 0 Å². The first kappa shape index (κ1) is 14.1. The summed E-state index contributed by atoms with van der Waals surface area (Å²) in [6.07, 6.45) is 0.831. The largest absolute Gasteiger partial charge is 0.302 e. The lowest BCUT2D eigenvalue weighted by Gasteiger charge is -2.06. The molecule has 104 valence electrons. The molecule has 2 rings (SSSR count). The van der Waals surface area contributed by atoms with E-state index >= 15 is 0 Å². The molecular weight excluding hydrogens is 284 g/mol. The Balaban J connectivity index is 2.34. The first-order chi connectivity index (χ1) is 8.94. The summed E-state index contributed by atoms with van der Waals surface area (Å²) < 4.78 is 26.4. The van der Waals surface area contributed by atoms with E-state index in [1.807, 2.05) is 13.8 Å². The molecular formula is C11H16N4O2S2. The van der Waals surface area contributed by atoms with Gasteiger partial charge in [-0.15, -0.1) is 21.5 Å². The second-order valence-electron chi connectivity index (χ2n) is 4.30. The van der Waals surface area contributed by atoms with E-state index in [2.05, 4.69) is 15.2 Å². The molecule has 0 amide bonds. The molecule has 19 heavy (non-hydrogen) atoms. The van der Waals surface area contributed by atoms with Crippen LogP contribution < -0.4 is 0 Å². The van der Waals surface area contributed by atoms with Crippen molar-refractivity contribution in [3.8, 4) is 0 Å². The van der Waals surface area contributed by atoms with Crippen molar-refractivity contribution in [1.82, 2.24) is 19.7 Å². The molecule has 0 bridgehead atoms. The molecule has 0 fully saturated rings. The highest BCUT2D eigenvalue weighted by Gasteiger charge is 2.24. The predicted molar refractivity (Wildman–Crippen MR) is 72.8 cm³/mol. The van der Waals surface area contributed by atoms with Crippen LogP contribution in [-0.2, 0) is 22.1 Å². The van der Waals surface area contributed by atoms with E-state index in [4.69, 9.17) is 0 Å². The topological polar surface area (TPSA) is 77.7 Å². The number of rotatable bonds is 5. The number of thiazole rings is 1. The van der Waals surface area contributed by atoms with E-state index in [1.165, 1.54) is 11.3 Å². The second kappa shape index (κ2) is 5.38. The smallest absolute Gasteiger partial charge is 0.250 e. The zero-order valence-electron chi connectivity index (χ0n) is 11.1. The summed E-state index contributed by atoms with van der Waals surface area (Å²) in [5.74, 6) is 0.494. The van der Waals surface area contributed by atoms with Crippen molar-refractivity contribution in [3.05, 3.63) is 21.9 Å². The molecule has 0 aliphatic rings. The summed E-state index contributed by atoms with van der Waals surface area (Å²) in [5.41, 5.74) is 0.561. The van der Waals surface area contributed by atoms with Crippen molar-refractivity contribution < 1.29 is 8.42 Å². The van der Waals surface area contributed by atoms with Crippen molar-refractivity contribution >= 4 is 21.2 Å². The van der Waals surface area contributed by atoms with Crippen molar-refractivity contribution in [2.24, 2.45) is 0 Å². The third-order valence-corrected chi connectivity index (χ3v) is 4.99. The van der Waals surface area contributed by atoms with Gasteiger partial charge in [0.25, 0.3) is 0 Å². The van der Waals surface area contributed by atoms with Gasteiger partial charge in [-0.05, 0) is 20.3 Å². The van der Waals surface area contributed by atoms with Crippen LogP contribution in [0.3, 0.4) is 0 Å². The summed E-state index contributed by atoms with van der Waals surface area (Å²) in [6, 6.07) is 0. The van der Waals surface area contributed by atoms with Crippen LogP contribution in [0.15, 0.2) is 10.5 Å². The highest BCUT2D eigenvalue weighted by Crippen LogP contribution is 2.17. The van der Waals surface area contributed by atoms with E-state index < -0.39 is 9.84 Å². The molecule has 0 aliphatic heterocycles. The molecule has 0 radical (unpaired) electrons. The van der Waals surface area contributed by atoms with E-state index in [0.29, 0.717) is 18.1 Å². The number of aryl methyl sites for hydroxylation is 2. The minimum atomic E-state index is -3.50. The first-order valence-electron chi connectivity index (χ1n) is 5.97. The van der Waals surface area contributed by atoms with Crippen molar-refractivity contribution in [1.29, 1.82) is 0 Å². The maximum absolute atomic E-state index is 12.4. The lowest BCUT2D eigenvalue weighted by atomic mass is 10.5. The molecule has 0 spiro atoms. The fraction of sp³-hybridized carbons (Fsp3) is 0.545. The number of nitrogens with zero attached hydrogens (tertiary/aromatic N) is 4. The quantitative estimate of drug-likeness (QED) is 0.840. The van der Waals surface area contributed by atoms with Gasteiger partial charge in [0.2, 0.25) is 15.0 Å². The van der Waals surface area contributed by atoms with E-state index in [1.54, 1.807) is 16.9 Å². The average Bonchev–Trinajstić information content (AvgIpc) is 2.87. The van der Waals surface area contributed by atoms with Gasteiger partial charge < -0.3 is 4.57 Å². The normalized spacial score (nSPS) is 11.9. The molecule has 8 heteroatoms. The maximum Gasteiger partial charge on any atom is 0.250 e. The van der Waals surface area contributed by atoms with Crippen molar-refractivity contribution in [3.63, 3.8) is 0 Å². The van der Waals surface area contributed by atoms with Gasteiger partial charge in [-0.1, -0.05) is 6.92 Å². The molecule has 2 heterocycles. The Morgan fingerprint density at radius 1 is 1.32 bits per heavy atom. The summed E-state index contributed by atoms with van der Waals surface area (Å²) >= 11 is 1.44. The summed E-state index contributed by atoms with van der Waals surface area (Å²) in [7, 11) is -3.50. The van der Waals surface area contributed by atoms with Gasteiger partial charge in [-0.25, -0.2) is 13.4 Å². The standard InChI is InChI=1S/C11H16N4O2S2/c1-4-5-15-8(2)13-14-11(15)19(16,17)7-10-6-18-9(3)12-10/h6H,4-5,7H2,1-3H3. The molecule has 0 N–H and O–H groups in total. The predicted octanol–water partition coefficient (Wildman–Crippen LogP) is 1.74. The fourth-order valence-corrected chi connectivity index (χ4v) is 3.92. The molecule has 0 aromatic carbocycles. The van der Waals surface area contributed by atoms with Crippen LogP contribution in [0, 0.1) is 13.8 Å². The molecule has 6 nitrogen and oxygen atoms in total. The lowest BCUT2D eigenvalue weighted by molar-refractivity contribution is 0.550. The molecule has 0 saturated heterocycles. The third kappa shape index (κ3) is 3.01. The molecule has 0 unspecified atom stereocenters. The van der Waals surface area contributed by atoms with Gasteiger partial charge >= 0.3 is 0 Å². The number of hydrogen-bond donors (Lipinski definition) is 0. The molecule has 2 aromatic rings. The molecule has 2 aromatic heterocycles. The van der Waals surface area contributed by atoms with Crippen LogP contribution in [0.4, 0.5) is 0 Å². The number of sulfone groups is 1. The van der Waals surface area contributed by atoms with Gasteiger partial charge in [0, 0.05) is 11.9 Å². The van der Waals surface area contributed by atoms with E-state index in [-0.39, 0.29) is 10.9 Å². The van der Waals surface area contributed by atoms with Crippen LogP contribution in [0.5, 0.6) is 0 Å². The Labute approximate surface area is 116 Å². The minimum Gasteiger partial charge on any atom is -0.302 e. The highest BCUT2D eigenvalue weighted by molar-refractivity contribution is 7.90. The zero-order valence-corrected chi connectivity index (χ0v) is 12.8. The van der Waals surface area contributed by atoms with Gasteiger partial charge in [-0.2, -0.15) is 0 Å². The number of aromatic nitrogens is 4. The Morgan fingerprint density at radius 3 is 2.63 bits per heavy atom. The van der Waals surface area contributed by atoms with Gasteiger partial charge in [0.05, 0.1) is 10.7 Å². The van der Waals surface area contributed by atoms with Crippen LogP contribution >= 0.6 is 11.3 Å². The van der Waals surface area contributed by atoms with Gasteiger partial charge in [-0.3, -0.25) is 0 Å². The Kier molecular flexibility index (Phi) is 4.00. The Morgan fingerprint density at radius 2 is 2.05 bits per heavy atom. The highest BCUT2D eigenvalue weighted by atomic mass is 32.2. The SMILES string of the molecule is CCCn1c(C)nnc1S(=O)(=O)Cc1csc(C)n1. The van der Waals surface area contributed by atoms with Crippen LogP contribution in [-0.4, -0.2) is 28.2 Å². The number of hydrogen-bond acceptors (Lipinski definition) is 6. The van der Waals surface area contributed by atoms with Crippen molar-refractivity contribution in [2.45, 2.75) is 44.6 Å². The van der Waals surface area contributed by atoms with E-state index in [0.717, 1.165) is 11.4 Å². The molecule has 0 atom stereocenters. The van der Waals surface area contributed by atoms with Gasteiger partial charge in [0.1, 0.15) is 11.6 Å². The van der Waals surface area contributed by atoms with E-state index in [9.17, 15) is 8.42 Å². The monoisotopic (exact) mass is 300 g/mol. The van der Waals surface area contributed by atoms with Crippen LogP contribution in [0.1, 0.15) is 29.9 Å². The van der Waals surface area contributed by atoms with Crippen LogP contribution in [0.25, 0.3) is 0 Å². The summed E-state index contributed by atoms with van der Waals surface area (Å²) in [4.78, 5) is 4.19. The molecule has 0 saturated carbocycles. The van der Waals surface area contributed by atoms with Crippen molar-refractivity contribution in [2.75, 3.05) is 0 Å². The zero-order chi connectivity index (χ0) is 14.0. The summed E-state index contributed by atoms with van der Waals surface area (Å²) in [5, 5.41) is 10.3. The average molecular weight is 300 g/mol.